The number of fused-ring (bicyclic) bond motifs is 3. The Kier molecular flexibility index (Phi) is 5.78. The van der Waals surface area contributed by atoms with E-state index in [0.29, 0.717) is 17.6 Å². The largest absolute Gasteiger partial charge is 0.487 e. The van der Waals surface area contributed by atoms with Crippen molar-refractivity contribution < 1.29 is 23.8 Å². The van der Waals surface area contributed by atoms with Gasteiger partial charge in [-0.25, -0.2) is 0 Å². The molecule has 6 nitrogen and oxygen atoms in total. The molecule has 0 amide bonds. The SMILES string of the molecule is CC(=O)Oc1c2c(c3ccccc3c1OC(=O)CN)OC(C)(C)CC2.Cl. The topological polar surface area (TPSA) is 87.9 Å². The van der Waals surface area contributed by atoms with Gasteiger partial charge in [0.25, 0.3) is 0 Å². The molecule has 0 fully saturated rings. The third-order valence-electron chi connectivity index (χ3n) is 4.15. The lowest BCUT2D eigenvalue weighted by molar-refractivity contribution is -0.135. The van der Waals surface area contributed by atoms with Crippen LogP contribution in [0.25, 0.3) is 10.8 Å². The van der Waals surface area contributed by atoms with Crippen LogP contribution in [0, 0.1) is 0 Å². The van der Waals surface area contributed by atoms with E-state index in [-0.39, 0.29) is 36.1 Å². The smallest absolute Gasteiger partial charge is 0.325 e. The molecule has 2 aromatic carbocycles. The first-order chi connectivity index (χ1) is 11.8. The number of benzene rings is 2. The molecule has 0 saturated heterocycles. The van der Waals surface area contributed by atoms with Crippen molar-refractivity contribution >= 4 is 35.1 Å². The molecule has 0 aromatic heterocycles. The quantitative estimate of drug-likeness (QED) is 0.651. The van der Waals surface area contributed by atoms with Gasteiger partial charge in [-0.2, -0.15) is 0 Å². The molecule has 0 saturated carbocycles. The Morgan fingerprint density at radius 2 is 1.81 bits per heavy atom. The van der Waals surface area contributed by atoms with Gasteiger partial charge in [0, 0.05) is 23.3 Å². The lowest BCUT2D eigenvalue weighted by Crippen LogP contribution is -2.33. The maximum atomic E-state index is 11.8. The Bertz CT molecular complexity index is 863. The van der Waals surface area contributed by atoms with Gasteiger partial charge >= 0.3 is 11.9 Å². The van der Waals surface area contributed by atoms with Gasteiger partial charge in [0.05, 0.1) is 6.54 Å². The summed E-state index contributed by atoms with van der Waals surface area (Å²) >= 11 is 0. The molecule has 2 N–H and O–H groups in total. The summed E-state index contributed by atoms with van der Waals surface area (Å²) in [5, 5.41) is 1.44. The van der Waals surface area contributed by atoms with Crippen LogP contribution >= 0.6 is 12.4 Å². The molecule has 1 aliphatic heterocycles. The van der Waals surface area contributed by atoms with Crippen molar-refractivity contribution in [3.05, 3.63) is 29.8 Å². The number of rotatable bonds is 3. The van der Waals surface area contributed by atoms with Gasteiger partial charge in [-0.1, -0.05) is 24.3 Å². The number of nitrogens with two attached hydrogens (primary N) is 1. The van der Waals surface area contributed by atoms with Gasteiger partial charge in [-0.15, -0.1) is 12.4 Å². The Balaban J connectivity index is 0.00000243. The van der Waals surface area contributed by atoms with Crippen LogP contribution in [0.4, 0.5) is 0 Å². The fourth-order valence-corrected chi connectivity index (χ4v) is 3.01. The van der Waals surface area contributed by atoms with Crippen LogP contribution in [0.5, 0.6) is 17.2 Å². The average molecular weight is 380 g/mol. The van der Waals surface area contributed by atoms with Crippen molar-refractivity contribution in [2.24, 2.45) is 5.73 Å². The molecule has 2 aromatic rings. The molecule has 3 rings (SSSR count). The fourth-order valence-electron chi connectivity index (χ4n) is 3.01. The van der Waals surface area contributed by atoms with Gasteiger partial charge in [-0.3, -0.25) is 9.59 Å². The van der Waals surface area contributed by atoms with Crippen molar-refractivity contribution in [1.29, 1.82) is 0 Å². The summed E-state index contributed by atoms with van der Waals surface area (Å²) in [7, 11) is 0. The van der Waals surface area contributed by atoms with Gasteiger partial charge in [0.1, 0.15) is 11.4 Å². The van der Waals surface area contributed by atoms with Crippen LogP contribution in [0.3, 0.4) is 0 Å². The van der Waals surface area contributed by atoms with Gasteiger partial charge in [0.15, 0.2) is 11.5 Å². The fraction of sp³-hybridized carbons (Fsp3) is 0.368. The number of carbonyl (C=O) groups is 2. The first-order valence-electron chi connectivity index (χ1n) is 8.18. The molecular formula is C19H22ClNO5. The Morgan fingerprint density at radius 1 is 1.15 bits per heavy atom. The van der Waals surface area contributed by atoms with E-state index in [1.165, 1.54) is 6.92 Å². The van der Waals surface area contributed by atoms with Crippen molar-refractivity contribution in [3.63, 3.8) is 0 Å². The molecular weight excluding hydrogens is 358 g/mol. The molecule has 0 unspecified atom stereocenters. The highest BCUT2D eigenvalue weighted by Crippen LogP contribution is 2.50. The van der Waals surface area contributed by atoms with E-state index < -0.39 is 11.9 Å². The second kappa shape index (κ2) is 7.51. The molecule has 7 heteroatoms. The standard InChI is InChI=1S/C19H21NO5.ClH/c1-11(21)23-18-14-8-9-19(2,3)25-16(14)12-6-4-5-7-13(12)17(18)24-15(22)10-20;/h4-7H,8-10,20H2,1-3H3;1H. The third-order valence-corrected chi connectivity index (χ3v) is 4.15. The predicted molar refractivity (Wildman–Crippen MR) is 100 cm³/mol. The van der Waals surface area contributed by atoms with E-state index in [2.05, 4.69) is 0 Å². The summed E-state index contributed by atoms with van der Waals surface area (Å²) in [6.07, 6.45) is 1.39. The van der Waals surface area contributed by atoms with E-state index in [4.69, 9.17) is 19.9 Å². The number of hydrogen-bond acceptors (Lipinski definition) is 6. The Morgan fingerprint density at radius 3 is 2.42 bits per heavy atom. The number of halogens is 1. The van der Waals surface area contributed by atoms with E-state index in [0.717, 1.165) is 17.4 Å². The summed E-state index contributed by atoms with van der Waals surface area (Å²) in [6, 6.07) is 7.40. The van der Waals surface area contributed by atoms with Crippen molar-refractivity contribution in [2.75, 3.05) is 6.54 Å². The number of ether oxygens (including phenoxy) is 3. The summed E-state index contributed by atoms with van der Waals surface area (Å²) in [5.41, 5.74) is 5.78. The second-order valence-corrected chi connectivity index (χ2v) is 6.65. The summed E-state index contributed by atoms with van der Waals surface area (Å²) < 4.78 is 17.0. The minimum Gasteiger partial charge on any atom is -0.487 e. The van der Waals surface area contributed by atoms with E-state index >= 15 is 0 Å². The third kappa shape index (κ3) is 3.76. The highest BCUT2D eigenvalue weighted by atomic mass is 35.5. The zero-order valence-electron chi connectivity index (χ0n) is 15.0. The lowest BCUT2D eigenvalue weighted by Gasteiger charge is -2.34. The number of esters is 2. The summed E-state index contributed by atoms with van der Waals surface area (Å²) in [4.78, 5) is 23.5. The van der Waals surface area contributed by atoms with Gasteiger partial charge in [0.2, 0.25) is 0 Å². The molecule has 0 atom stereocenters. The second-order valence-electron chi connectivity index (χ2n) is 6.65. The first kappa shape index (κ1) is 20.0. The number of hydrogen-bond donors (Lipinski definition) is 1. The van der Waals surface area contributed by atoms with E-state index in [9.17, 15) is 9.59 Å². The molecule has 0 radical (unpaired) electrons. The average Bonchev–Trinajstić information content (AvgIpc) is 2.56. The van der Waals surface area contributed by atoms with Crippen LogP contribution in [-0.4, -0.2) is 24.1 Å². The minimum atomic E-state index is -0.601. The predicted octanol–water partition coefficient (Wildman–Crippen LogP) is 3.15. The summed E-state index contributed by atoms with van der Waals surface area (Å²) in [6.45, 7) is 5.06. The maximum absolute atomic E-state index is 11.8. The maximum Gasteiger partial charge on any atom is 0.325 e. The first-order valence-corrected chi connectivity index (χ1v) is 8.18. The Hall–Kier alpha value is -2.31. The van der Waals surface area contributed by atoms with Crippen LogP contribution in [-0.2, 0) is 16.0 Å². The lowest BCUT2D eigenvalue weighted by atomic mass is 9.91. The zero-order chi connectivity index (χ0) is 18.2. The van der Waals surface area contributed by atoms with Crippen molar-refractivity contribution in [3.8, 4) is 17.2 Å². The van der Waals surface area contributed by atoms with Crippen LogP contribution < -0.4 is 19.9 Å². The molecule has 0 bridgehead atoms. The highest BCUT2D eigenvalue weighted by Gasteiger charge is 2.33. The molecule has 1 aliphatic rings. The summed E-state index contributed by atoms with van der Waals surface area (Å²) in [5.74, 6) is 0.0142. The molecule has 0 spiro atoms. The van der Waals surface area contributed by atoms with Crippen LogP contribution in [0.1, 0.15) is 32.8 Å². The van der Waals surface area contributed by atoms with E-state index in [1.54, 1.807) is 6.07 Å². The monoisotopic (exact) mass is 379 g/mol. The van der Waals surface area contributed by atoms with Gasteiger partial charge in [-0.05, 0) is 26.7 Å². The molecule has 0 aliphatic carbocycles. The van der Waals surface area contributed by atoms with Crippen LogP contribution in [0.2, 0.25) is 0 Å². The molecule has 140 valence electrons. The molecule has 1 heterocycles. The van der Waals surface area contributed by atoms with E-state index in [1.807, 2.05) is 32.0 Å². The number of carbonyl (C=O) groups excluding carboxylic acids is 2. The minimum absolute atomic E-state index is 0. The highest BCUT2D eigenvalue weighted by molar-refractivity contribution is 5.99. The Labute approximate surface area is 158 Å². The van der Waals surface area contributed by atoms with Crippen molar-refractivity contribution in [2.45, 2.75) is 39.2 Å². The van der Waals surface area contributed by atoms with Gasteiger partial charge < -0.3 is 19.9 Å². The zero-order valence-corrected chi connectivity index (χ0v) is 15.8. The van der Waals surface area contributed by atoms with Crippen LogP contribution in [0.15, 0.2) is 24.3 Å². The van der Waals surface area contributed by atoms with Crippen molar-refractivity contribution in [1.82, 2.24) is 0 Å². The molecule has 26 heavy (non-hydrogen) atoms. The normalized spacial score (nSPS) is 14.6.